The molecule has 0 bridgehead atoms. The predicted molar refractivity (Wildman–Crippen MR) is 102 cm³/mol. The van der Waals surface area contributed by atoms with E-state index >= 15 is 0 Å². The Bertz CT molecular complexity index is 1030. The minimum atomic E-state index is -0.196. The maximum atomic E-state index is 12.2. The van der Waals surface area contributed by atoms with Crippen LogP contribution in [-0.2, 0) is 6.42 Å². The molecule has 3 aromatic rings. The summed E-state index contributed by atoms with van der Waals surface area (Å²) in [4.78, 5) is 28.2. The number of rotatable bonds is 6. The normalized spacial score (nSPS) is 10.7. The van der Waals surface area contributed by atoms with Crippen LogP contribution in [0.3, 0.4) is 0 Å². The van der Waals surface area contributed by atoms with Crippen molar-refractivity contribution in [3.8, 4) is 5.75 Å². The van der Waals surface area contributed by atoms with Crippen LogP contribution in [0, 0.1) is 13.8 Å². The van der Waals surface area contributed by atoms with Crippen molar-refractivity contribution in [1.82, 2.24) is 19.9 Å². The van der Waals surface area contributed by atoms with E-state index in [0.717, 1.165) is 22.3 Å². The largest absolute Gasteiger partial charge is 0.494 e. The van der Waals surface area contributed by atoms with E-state index in [4.69, 9.17) is 4.74 Å². The van der Waals surface area contributed by atoms with E-state index in [0.29, 0.717) is 36.2 Å². The van der Waals surface area contributed by atoms with Gasteiger partial charge in [-0.25, -0.2) is 15.0 Å². The van der Waals surface area contributed by atoms with E-state index in [1.807, 2.05) is 32.0 Å². The molecule has 0 aliphatic rings. The summed E-state index contributed by atoms with van der Waals surface area (Å²) in [6.07, 6.45) is 2.15. The summed E-state index contributed by atoms with van der Waals surface area (Å²) in [7, 11) is 0. The summed E-state index contributed by atoms with van der Waals surface area (Å²) in [6.45, 7) is 9.90. The highest BCUT2D eigenvalue weighted by atomic mass is 16.5. The summed E-state index contributed by atoms with van der Waals surface area (Å²) >= 11 is 0. The molecule has 1 aromatic carbocycles. The number of nitrogens with one attached hydrogen (secondary N) is 2. The van der Waals surface area contributed by atoms with Gasteiger partial charge in [0.1, 0.15) is 5.75 Å². The van der Waals surface area contributed by atoms with Gasteiger partial charge < -0.3 is 4.74 Å². The monoisotopic (exact) mass is 351 g/mol. The van der Waals surface area contributed by atoms with Crippen LogP contribution in [0.2, 0.25) is 0 Å². The van der Waals surface area contributed by atoms with Crippen LogP contribution in [0.1, 0.15) is 23.9 Å². The van der Waals surface area contributed by atoms with Gasteiger partial charge in [0.05, 0.1) is 23.5 Å². The van der Waals surface area contributed by atoms with Crippen molar-refractivity contribution < 1.29 is 4.74 Å². The molecule has 0 saturated carbocycles. The molecular weight excluding hydrogens is 330 g/mol. The second kappa shape index (κ2) is 7.35. The Morgan fingerprint density at radius 1 is 1.23 bits per heavy atom. The molecule has 0 aliphatic heterocycles. The maximum absolute atomic E-state index is 12.2. The lowest BCUT2D eigenvalue weighted by molar-refractivity contribution is 0.340. The number of fused-ring (bicyclic) bond motifs is 1. The van der Waals surface area contributed by atoms with Crippen LogP contribution in [0.15, 0.2) is 35.6 Å². The molecule has 26 heavy (non-hydrogen) atoms. The van der Waals surface area contributed by atoms with E-state index < -0.39 is 0 Å². The Morgan fingerprint density at radius 3 is 2.73 bits per heavy atom. The Morgan fingerprint density at radius 2 is 2.04 bits per heavy atom. The van der Waals surface area contributed by atoms with E-state index in [2.05, 4.69) is 31.8 Å². The molecule has 0 aliphatic carbocycles. The van der Waals surface area contributed by atoms with Gasteiger partial charge in [0, 0.05) is 10.9 Å². The highest BCUT2D eigenvalue weighted by Gasteiger charge is 2.10. The van der Waals surface area contributed by atoms with E-state index in [-0.39, 0.29) is 5.56 Å². The third kappa shape index (κ3) is 3.56. The molecule has 0 atom stereocenters. The Labute approximate surface area is 151 Å². The molecule has 134 valence electrons. The number of hydrogen-bond acceptors (Lipinski definition) is 6. The van der Waals surface area contributed by atoms with Gasteiger partial charge in [-0.2, -0.15) is 0 Å². The molecule has 2 N–H and O–H groups in total. The Hall–Kier alpha value is -3.22. The first kappa shape index (κ1) is 17.6. The van der Waals surface area contributed by atoms with Crippen LogP contribution >= 0.6 is 0 Å². The topological polar surface area (TPSA) is 92.8 Å². The molecule has 7 nitrogen and oxygen atoms in total. The second-order valence-electron chi connectivity index (χ2n) is 5.84. The fourth-order valence-corrected chi connectivity index (χ4v) is 2.73. The molecule has 2 aromatic heterocycles. The molecule has 0 fully saturated rings. The van der Waals surface area contributed by atoms with Crippen LogP contribution in [0.25, 0.3) is 10.9 Å². The van der Waals surface area contributed by atoms with Crippen LogP contribution < -0.4 is 15.6 Å². The van der Waals surface area contributed by atoms with Gasteiger partial charge in [0.15, 0.2) is 0 Å². The van der Waals surface area contributed by atoms with Crippen molar-refractivity contribution in [1.29, 1.82) is 0 Å². The van der Waals surface area contributed by atoms with Gasteiger partial charge >= 0.3 is 0 Å². The van der Waals surface area contributed by atoms with Crippen molar-refractivity contribution in [3.05, 3.63) is 58.2 Å². The summed E-state index contributed by atoms with van der Waals surface area (Å²) in [5.41, 5.74) is 2.64. The number of ether oxygens (including phenoxy) is 1. The molecule has 0 unspecified atom stereocenters. The highest BCUT2D eigenvalue weighted by molar-refractivity contribution is 5.83. The number of aryl methyl sites for hydroxylation is 2. The molecule has 3 rings (SSSR count). The number of benzene rings is 1. The SMILES string of the molecule is C=CCc1c(C)nc(Nc2nc(C)c3cc(OCC)ccc3n2)[nH]c1=O. The fraction of sp³-hybridized carbons (Fsp3) is 0.263. The minimum Gasteiger partial charge on any atom is -0.494 e. The quantitative estimate of drug-likeness (QED) is 0.663. The number of hydrogen-bond donors (Lipinski definition) is 2. The van der Waals surface area contributed by atoms with E-state index in [1.54, 1.807) is 13.0 Å². The van der Waals surface area contributed by atoms with Crippen LogP contribution in [0.5, 0.6) is 5.75 Å². The number of anilines is 2. The minimum absolute atomic E-state index is 0.196. The van der Waals surface area contributed by atoms with Crippen molar-refractivity contribution in [3.63, 3.8) is 0 Å². The summed E-state index contributed by atoms with van der Waals surface area (Å²) in [5, 5.41) is 3.90. The summed E-state index contributed by atoms with van der Waals surface area (Å²) in [5.74, 6) is 1.47. The molecule has 7 heteroatoms. The average molecular weight is 351 g/mol. The number of H-pyrrole nitrogens is 1. The summed E-state index contributed by atoms with van der Waals surface area (Å²) < 4.78 is 5.52. The molecular formula is C19H21N5O2. The molecule has 0 spiro atoms. The molecule has 0 saturated heterocycles. The molecule has 0 radical (unpaired) electrons. The third-order valence-electron chi connectivity index (χ3n) is 3.97. The van der Waals surface area contributed by atoms with Gasteiger partial charge in [0.25, 0.3) is 5.56 Å². The van der Waals surface area contributed by atoms with Crippen LogP contribution in [0.4, 0.5) is 11.9 Å². The smallest absolute Gasteiger partial charge is 0.256 e. The van der Waals surface area contributed by atoms with Gasteiger partial charge in [-0.05, 0) is 45.4 Å². The zero-order chi connectivity index (χ0) is 18.7. The van der Waals surface area contributed by atoms with Gasteiger partial charge in [-0.1, -0.05) is 6.08 Å². The predicted octanol–water partition coefficient (Wildman–Crippen LogP) is 3.20. The Kier molecular flexibility index (Phi) is 4.97. The first-order valence-electron chi connectivity index (χ1n) is 8.40. The number of nitrogens with zero attached hydrogens (tertiary/aromatic N) is 3. The standard InChI is InChI=1S/C19H21N5O2/c1-5-7-14-11(3)20-19(23-17(14)25)24-18-21-12(4)15-10-13(26-6-2)8-9-16(15)22-18/h5,8-10H,1,6-7H2,2-4H3,(H2,20,21,22,23,24,25). The second-order valence-corrected chi connectivity index (χ2v) is 5.84. The maximum Gasteiger partial charge on any atom is 0.256 e. The lowest BCUT2D eigenvalue weighted by atomic mass is 10.2. The fourth-order valence-electron chi connectivity index (χ4n) is 2.73. The van der Waals surface area contributed by atoms with Gasteiger partial charge in [0.2, 0.25) is 11.9 Å². The van der Waals surface area contributed by atoms with E-state index in [9.17, 15) is 4.79 Å². The van der Waals surface area contributed by atoms with Crippen molar-refractivity contribution in [2.45, 2.75) is 27.2 Å². The molecule has 2 heterocycles. The first-order valence-corrected chi connectivity index (χ1v) is 8.40. The van der Waals surface area contributed by atoms with Crippen molar-refractivity contribution in [2.24, 2.45) is 0 Å². The average Bonchev–Trinajstić information content (AvgIpc) is 2.59. The highest BCUT2D eigenvalue weighted by Crippen LogP contribution is 2.23. The van der Waals surface area contributed by atoms with Crippen LogP contribution in [-0.4, -0.2) is 26.5 Å². The number of allylic oxidation sites excluding steroid dienone is 1. The zero-order valence-electron chi connectivity index (χ0n) is 15.1. The third-order valence-corrected chi connectivity index (χ3v) is 3.97. The summed E-state index contributed by atoms with van der Waals surface area (Å²) in [6, 6.07) is 5.68. The zero-order valence-corrected chi connectivity index (χ0v) is 15.1. The first-order chi connectivity index (χ1) is 12.5. The number of aromatic nitrogens is 4. The number of aromatic amines is 1. The van der Waals surface area contributed by atoms with Gasteiger partial charge in [-0.15, -0.1) is 6.58 Å². The van der Waals surface area contributed by atoms with Crippen molar-refractivity contribution >= 4 is 22.8 Å². The lowest BCUT2D eigenvalue weighted by Gasteiger charge is -2.10. The molecule has 0 amide bonds. The Balaban J connectivity index is 1.95. The van der Waals surface area contributed by atoms with Crippen molar-refractivity contribution in [2.75, 3.05) is 11.9 Å². The van der Waals surface area contributed by atoms with Gasteiger partial charge in [-0.3, -0.25) is 15.1 Å². The van der Waals surface area contributed by atoms with E-state index in [1.165, 1.54) is 0 Å². The lowest BCUT2D eigenvalue weighted by Crippen LogP contribution is -2.18.